The Balaban J connectivity index is 2.24. The average Bonchev–Trinajstić information content (AvgIpc) is 2.96. The first-order valence-electron chi connectivity index (χ1n) is 5.80. The molecule has 3 rings (SSSR count). The quantitative estimate of drug-likeness (QED) is 0.773. The Labute approximate surface area is 120 Å². The molecule has 0 fully saturated rings. The first-order valence-corrected chi connectivity index (χ1v) is 7.00. The summed E-state index contributed by atoms with van der Waals surface area (Å²) in [5.74, 6) is 0.658. The van der Waals surface area contributed by atoms with Crippen LogP contribution in [0.25, 0.3) is 21.7 Å². The van der Waals surface area contributed by atoms with Crippen LogP contribution in [-0.2, 0) is 7.05 Å². The summed E-state index contributed by atoms with van der Waals surface area (Å²) in [7, 11) is 1.85. The molecule has 0 bridgehead atoms. The van der Waals surface area contributed by atoms with Crippen LogP contribution in [0.4, 0.5) is 5.82 Å². The highest BCUT2D eigenvalue weighted by atomic mass is 35.5. The van der Waals surface area contributed by atoms with E-state index in [1.54, 1.807) is 4.68 Å². The molecule has 3 nitrogen and oxygen atoms in total. The summed E-state index contributed by atoms with van der Waals surface area (Å²) in [6.07, 6.45) is 0. The molecule has 0 aliphatic carbocycles. The number of halogens is 1. The molecule has 19 heavy (non-hydrogen) atoms. The third kappa shape index (κ3) is 2.13. The fraction of sp³-hybridized carbons (Fsp3) is 0.0714. The topological polar surface area (TPSA) is 43.8 Å². The summed E-state index contributed by atoms with van der Waals surface area (Å²) in [6, 6.07) is 13.9. The van der Waals surface area contributed by atoms with Crippen LogP contribution in [0.1, 0.15) is 0 Å². The fourth-order valence-electron chi connectivity index (χ4n) is 2.04. The zero-order chi connectivity index (χ0) is 13.4. The molecule has 0 spiro atoms. The molecule has 0 amide bonds. The van der Waals surface area contributed by atoms with Gasteiger partial charge in [0.25, 0.3) is 0 Å². The summed E-state index contributed by atoms with van der Waals surface area (Å²) in [6.45, 7) is 0. The minimum atomic E-state index is 0.658. The van der Waals surface area contributed by atoms with Crippen molar-refractivity contribution in [3.05, 3.63) is 46.8 Å². The Morgan fingerprint density at radius 3 is 2.53 bits per heavy atom. The van der Waals surface area contributed by atoms with Crippen molar-refractivity contribution in [3.63, 3.8) is 0 Å². The van der Waals surface area contributed by atoms with Crippen LogP contribution in [0.5, 0.6) is 0 Å². The highest BCUT2D eigenvalue weighted by Gasteiger charge is 2.18. The van der Waals surface area contributed by atoms with Crippen molar-refractivity contribution in [3.8, 4) is 21.7 Å². The Bertz CT molecular complexity index is 716. The number of aromatic nitrogens is 2. The zero-order valence-electron chi connectivity index (χ0n) is 10.3. The van der Waals surface area contributed by atoms with Gasteiger partial charge in [0.2, 0.25) is 0 Å². The molecule has 0 aliphatic heterocycles. The van der Waals surface area contributed by atoms with Gasteiger partial charge in [-0.1, -0.05) is 41.9 Å². The zero-order valence-corrected chi connectivity index (χ0v) is 11.9. The SMILES string of the molecule is Cn1nc(-c2ccc(Cl)s2)c(-c2ccccc2)c1N. The van der Waals surface area contributed by atoms with Crippen molar-refractivity contribution >= 4 is 28.8 Å². The number of thiophene rings is 1. The summed E-state index contributed by atoms with van der Waals surface area (Å²) in [4.78, 5) is 1.02. The molecular formula is C14H12ClN3S. The van der Waals surface area contributed by atoms with E-state index in [0.29, 0.717) is 5.82 Å². The lowest BCUT2D eigenvalue weighted by Gasteiger charge is -2.02. The van der Waals surface area contributed by atoms with Crippen LogP contribution >= 0.6 is 22.9 Å². The summed E-state index contributed by atoms with van der Waals surface area (Å²) >= 11 is 7.51. The van der Waals surface area contributed by atoms with E-state index in [-0.39, 0.29) is 0 Å². The maximum atomic E-state index is 6.15. The van der Waals surface area contributed by atoms with E-state index in [9.17, 15) is 0 Å². The average molecular weight is 290 g/mol. The van der Waals surface area contributed by atoms with E-state index in [2.05, 4.69) is 5.10 Å². The van der Waals surface area contributed by atoms with Gasteiger partial charge in [-0.25, -0.2) is 0 Å². The molecule has 0 saturated heterocycles. The normalized spacial score (nSPS) is 10.8. The van der Waals surface area contributed by atoms with E-state index in [4.69, 9.17) is 17.3 Å². The maximum absolute atomic E-state index is 6.15. The first kappa shape index (κ1) is 12.3. The van der Waals surface area contributed by atoms with E-state index in [1.807, 2.05) is 49.5 Å². The van der Waals surface area contributed by atoms with Crippen LogP contribution in [0.3, 0.4) is 0 Å². The molecule has 0 unspecified atom stereocenters. The van der Waals surface area contributed by atoms with E-state index in [1.165, 1.54) is 11.3 Å². The third-order valence-electron chi connectivity index (χ3n) is 2.96. The van der Waals surface area contributed by atoms with Crippen molar-refractivity contribution in [2.24, 2.45) is 7.05 Å². The monoisotopic (exact) mass is 289 g/mol. The van der Waals surface area contributed by atoms with Crippen LogP contribution in [0.2, 0.25) is 4.34 Å². The molecule has 0 radical (unpaired) electrons. The van der Waals surface area contributed by atoms with Gasteiger partial charge in [-0.05, 0) is 17.7 Å². The van der Waals surface area contributed by atoms with Crippen molar-refractivity contribution in [2.45, 2.75) is 0 Å². The van der Waals surface area contributed by atoms with E-state index >= 15 is 0 Å². The van der Waals surface area contributed by atoms with Crippen molar-refractivity contribution in [1.82, 2.24) is 9.78 Å². The number of hydrogen-bond acceptors (Lipinski definition) is 3. The molecule has 0 aliphatic rings. The second kappa shape index (κ2) is 4.72. The van der Waals surface area contributed by atoms with E-state index in [0.717, 1.165) is 26.0 Å². The first-order chi connectivity index (χ1) is 9.16. The van der Waals surface area contributed by atoms with Gasteiger partial charge >= 0.3 is 0 Å². The summed E-state index contributed by atoms with van der Waals surface area (Å²) in [5.41, 5.74) is 9.05. The van der Waals surface area contributed by atoms with Gasteiger partial charge in [0.05, 0.1) is 14.8 Å². The number of aryl methyl sites for hydroxylation is 1. The Morgan fingerprint density at radius 2 is 1.89 bits per heavy atom. The second-order valence-electron chi connectivity index (χ2n) is 4.20. The molecule has 1 aromatic carbocycles. The number of nitrogen functional groups attached to an aromatic ring is 1. The van der Waals surface area contributed by atoms with Gasteiger partial charge in [0.15, 0.2) is 0 Å². The minimum Gasteiger partial charge on any atom is -0.383 e. The van der Waals surface area contributed by atoms with Gasteiger partial charge in [-0.3, -0.25) is 4.68 Å². The van der Waals surface area contributed by atoms with Crippen molar-refractivity contribution in [2.75, 3.05) is 5.73 Å². The van der Waals surface area contributed by atoms with Gasteiger partial charge < -0.3 is 5.73 Å². The third-order valence-corrected chi connectivity index (χ3v) is 4.20. The largest absolute Gasteiger partial charge is 0.383 e. The highest BCUT2D eigenvalue weighted by molar-refractivity contribution is 7.19. The lowest BCUT2D eigenvalue weighted by atomic mass is 10.0. The standard InChI is InChI=1S/C14H12ClN3S/c1-18-14(16)12(9-5-3-2-4-6-9)13(17-18)10-7-8-11(15)19-10/h2-8H,16H2,1H3. The smallest absolute Gasteiger partial charge is 0.129 e. The summed E-state index contributed by atoms with van der Waals surface area (Å²) < 4.78 is 2.45. The Hall–Kier alpha value is -1.78. The Kier molecular flexibility index (Phi) is 3.05. The highest BCUT2D eigenvalue weighted by Crippen LogP contribution is 2.39. The molecule has 3 aromatic rings. The van der Waals surface area contributed by atoms with Crippen LogP contribution in [0, 0.1) is 0 Å². The maximum Gasteiger partial charge on any atom is 0.129 e. The molecular weight excluding hydrogens is 278 g/mol. The Morgan fingerprint density at radius 1 is 1.16 bits per heavy atom. The number of anilines is 1. The van der Waals surface area contributed by atoms with Crippen LogP contribution in [-0.4, -0.2) is 9.78 Å². The van der Waals surface area contributed by atoms with Gasteiger partial charge in [-0.15, -0.1) is 11.3 Å². The molecule has 0 saturated carbocycles. The number of nitrogens with zero attached hydrogens (tertiary/aromatic N) is 2. The molecule has 96 valence electrons. The van der Waals surface area contributed by atoms with Crippen molar-refractivity contribution < 1.29 is 0 Å². The lowest BCUT2D eigenvalue weighted by molar-refractivity contribution is 0.783. The van der Waals surface area contributed by atoms with Crippen molar-refractivity contribution in [1.29, 1.82) is 0 Å². The van der Waals surface area contributed by atoms with Crippen LogP contribution in [0.15, 0.2) is 42.5 Å². The van der Waals surface area contributed by atoms with Crippen LogP contribution < -0.4 is 5.73 Å². The predicted octanol–water partition coefficient (Wildman–Crippen LogP) is 4.05. The molecule has 5 heteroatoms. The molecule has 2 aromatic heterocycles. The minimum absolute atomic E-state index is 0.658. The van der Waals surface area contributed by atoms with Gasteiger partial charge in [0, 0.05) is 7.05 Å². The molecule has 0 atom stereocenters. The lowest BCUT2D eigenvalue weighted by Crippen LogP contribution is -1.97. The van der Waals surface area contributed by atoms with E-state index < -0.39 is 0 Å². The number of rotatable bonds is 2. The molecule has 2 heterocycles. The summed E-state index contributed by atoms with van der Waals surface area (Å²) in [5, 5.41) is 4.51. The number of hydrogen-bond donors (Lipinski definition) is 1. The fourth-order valence-corrected chi connectivity index (χ4v) is 3.07. The van der Waals surface area contributed by atoms with Gasteiger partial charge in [0.1, 0.15) is 11.5 Å². The predicted molar refractivity (Wildman–Crippen MR) is 81.4 cm³/mol. The number of nitrogens with two attached hydrogens (primary N) is 1. The molecule has 2 N–H and O–H groups in total. The second-order valence-corrected chi connectivity index (χ2v) is 5.92. The number of benzene rings is 1. The van der Waals surface area contributed by atoms with Gasteiger partial charge in [-0.2, -0.15) is 5.10 Å².